The molecule has 20 heavy (non-hydrogen) atoms. The van der Waals surface area contributed by atoms with Gasteiger partial charge in [-0.15, -0.1) is 5.54 Å². The zero-order valence-corrected chi connectivity index (χ0v) is 13.6. The fraction of sp³-hybridized carbons (Fsp3) is 0.800. The lowest BCUT2D eigenvalue weighted by molar-refractivity contribution is -0.206. The van der Waals surface area contributed by atoms with E-state index in [-0.39, 0.29) is 11.4 Å². The minimum atomic E-state index is -1.35. The fourth-order valence-corrected chi connectivity index (χ4v) is 3.51. The molecule has 3 rings (SSSR count). The van der Waals surface area contributed by atoms with E-state index in [0.717, 1.165) is 51.0 Å². The van der Waals surface area contributed by atoms with E-state index in [4.69, 9.17) is 14.3 Å². The lowest BCUT2D eigenvalue weighted by atomic mass is 9.79. The Morgan fingerprint density at radius 2 is 1.70 bits per heavy atom. The summed E-state index contributed by atoms with van der Waals surface area (Å²) in [4.78, 5) is 5.75. The minimum absolute atomic E-state index is 0.149. The highest BCUT2D eigenvalue weighted by Gasteiger charge is 2.50. The van der Waals surface area contributed by atoms with Crippen LogP contribution >= 0.6 is 0 Å². The molecule has 0 atom stereocenters. The molecule has 0 aromatic carbocycles. The normalized spacial score (nSPS) is 27.1. The average Bonchev–Trinajstić information content (AvgIpc) is 2.99. The van der Waals surface area contributed by atoms with Crippen LogP contribution in [-0.2, 0) is 14.3 Å². The predicted octanol–water partition coefficient (Wildman–Crippen LogP) is 2.70. The molecular weight excluding hydrogens is 270 g/mol. The lowest BCUT2D eigenvalue weighted by Crippen LogP contribution is -2.43. The van der Waals surface area contributed by atoms with E-state index in [1.807, 2.05) is 0 Å². The molecule has 0 unspecified atom stereocenters. The van der Waals surface area contributed by atoms with Gasteiger partial charge in [0.1, 0.15) is 19.4 Å². The summed E-state index contributed by atoms with van der Waals surface area (Å²) in [6, 6.07) is 0. The second kappa shape index (κ2) is 4.87. The first-order valence-electron chi connectivity index (χ1n) is 7.47. The van der Waals surface area contributed by atoms with Crippen molar-refractivity contribution in [1.29, 1.82) is 0 Å². The molecule has 0 radical (unpaired) electrons. The summed E-state index contributed by atoms with van der Waals surface area (Å²) >= 11 is 0. The van der Waals surface area contributed by atoms with Gasteiger partial charge in [-0.3, -0.25) is 0 Å². The molecule has 2 spiro atoms. The van der Waals surface area contributed by atoms with Gasteiger partial charge in [-0.1, -0.05) is 30.7 Å². The first kappa shape index (κ1) is 14.1. The van der Waals surface area contributed by atoms with Crippen LogP contribution in [0.5, 0.6) is 0 Å². The Bertz CT molecular complexity index is 468. The maximum absolute atomic E-state index is 5.77. The van der Waals surface area contributed by atoms with E-state index < -0.39 is 8.07 Å². The molecule has 0 aromatic rings. The third-order valence-electron chi connectivity index (χ3n) is 4.16. The van der Waals surface area contributed by atoms with Crippen molar-refractivity contribution < 1.29 is 14.3 Å². The minimum Gasteiger partial charge on any atom is -0.388 e. The van der Waals surface area contributed by atoms with Crippen molar-refractivity contribution in [1.82, 2.24) is 0 Å². The molecule has 0 aromatic heterocycles. The van der Waals surface area contributed by atoms with Crippen molar-refractivity contribution in [3.8, 4) is 11.5 Å². The van der Waals surface area contributed by atoms with Gasteiger partial charge in [0.05, 0.1) is 13.2 Å². The Morgan fingerprint density at radius 1 is 1.05 bits per heavy atom. The highest BCUT2D eigenvalue weighted by molar-refractivity contribution is 6.84. The molecule has 2 aliphatic heterocycles. The van der Waals surface area contributed by atoms with Crippen molar-refractivity contribution in [3.63, 3.8) is 0 Å². The molecular formula is C15H23NO3Si. The molecule has 0 bridgehead atoms. The van der Waals surface area contributed by atoms with Crippen molar-refractivity contribution in [2.45, 2.75) is 63.1 Å². The summed E-state index contributed by atoms with van der Waals surface area (Å²) in [5.74, 6) is 2.90. The van der Waals surface area contributed by atoms with E-state index in [0.29, 0.717) is 0 Å². The lowest BCUT2D eigenvalue weighted by Gasteiger charge is -2.39. The predicted molar refractivity (Wildman–Crippen MR) is 80.1 cm³/mol. The van der Waals surface area contributed by atoms with Crippen LogP contribution in [0.2, 0.25) is 19.6 Å². The number of hydrogen-bond acceptors (Lipinski definition) is 4. The van der Waals surface area contributed by atoms with E-state index in [2.05, 4.69) is 36.3 Å². The maximum atomic E-state index is 5.77. The van der Waals surface area contributed by atoms with Gasteiger partial charge in [0.2, 0.25) is 0 Å². The zero-order valence-electron chi connectivity index (χ0n) is 12.6. The van der Waals surface area contributed by atoms with Gasteiger partial charge in [0, 0.05) is 19.3 Å². The molecule has 0 amide bonds. The van der Waals surface area contributed by atoms with Crippen LogP contribution in [0.25, 0.3) is 0 Å². The van der Waals surface area contributed by atoms with E-state index in [9.17, 15) is 0 Å². The maximum Gasteiger partial charge on any atom is 0.168 e. The number of ether oxygens (including phenoxy) is 2. The summed E-state index contributed by atoms with van der Waals surface area (Å²) in [5, 5.41) is 4.21. The number of rotatable bonds is 0. The van der Waals surface area contributed by atoms with Gasteiger partial charge in [-0.25, -0.2) is 0 Å². The summed E-state index contributed by atoms with van der Waals surface area (Å²) in [6.45, 7) is 8.16. The quantitative estimate of drug-likeness (QED) is 0.509. The molecule has 4 nitrogen and oxygen atoms in total. The van der Waals surface area contributed by atoms with Crippen LogP contribution in [0, 0.1) is 11.5 Å². The highest BCUT2D eigenvalue weighted by Crippen LogP contribution is 2.45. The summed E-state index contributed by atoms with van der Waals surface area (Å²) in [7, 11) is -1.35. The van der Waals surface area contributed by atoms with Gasteiger partial charge in [0.15, 0.2) is 5.79 Å². The summed E-state index contributed by atoms with van der Waals surface area (Å²) in [6.07, 6.45) is 4.53. The third-order valence-corrected chi connectivity index (χ3v) is 5.03. The molecule has 1 saturated carbocycles. The Balaban J connectivity index is 1.60. The molecule has 110 valence electrons. The molecule has 5 heteroatoms. The van der Waals surface area contributed by atoms with Crippen LogP contribution in [0.3, 0.4) is 0 Å². The standard InChI is InChI=1S/C15H23NO3Si/c1-20(2,3)11-4-13-12-14(19-16-13)5-7-15(8-6-14)17-9-10-18-15/h5-10,12H2,1-3H3. The topological polar surface area (TPSA) is 40.0 Å². The summed E-state index contributed by atoms with van der Waals surface area (Å²) in [5.41, 5.74) is 4.13. The molecule has 2 fully saturated rings. The van der Waals surface area contributed by atoms with Crippen LogP contribution in [0.1, 0.15) is 32.1 Å². The first-order valence-corrected chi connectivity index (χ1v) is 11.0. The molecule has 1 aliphatic carbocycles. The first-order chi connectivity index (χ1) is 9.41. The van der Waals surface area contributed by atoms with Crippen LogP contribution in [0.15, 0.2) is 5.16 Å². The Hall–Kier alpha value is -0.833. The fourth-order valence-electron chi connectivity index (χ4n) is 2.99. The van der Waals surface area contributed by atoms with E-state index in [1.54, 1.807) is 0 Å². The van der Waals surface area contributed by atoms with Gasteiger partial charge >= 0.3 is 0 Å². The van der Waals surface area contributed by atoms with Crippen molar-refractivity contribution in [3.05, 3.63) is 0 Å². The highest BCUT2D eigenvalue weighted by atomic mass is 28.3. The molecule has 1 saturated heterocycles. The second-order valence-corrected chi connectivity index (χ2v) is 11.8. The molecule has 2 heterocycles. The Morgan fingerprint density at radius 3 is 2.30 bits per heavy atom. The van der Waals surface area contributed by atoms with Crippen LogP contribution < -0.4 is 0 Å². The smallest absolute Gasteiger partial charge is 0.168 e. The summed E-state index contributed by atoms with van der Waals surface area (Å²) < 4.78 is 11.5. The van der Waals surface area contributed by atoms with Gasteiger partial charge < -0.3 is 14.3 Å². The van der Waals surface area contributed by atoms with Crippen LogP contribution in [0.4, 0.5) is 0 Å². The van der Waals surface area contributed by atoms with E-state index >= 15 is 0 Å². The van der Waals surface area contributed by atoms with Crippen molar-refractivity contribution in [2.75, 3.05) is 13.2 Å². The van der Waals surface area contributed by atoms with Gasteiger partial charge in [-0.2, -0.15) is 0 Å². The van der Waals surface area contributed by atoms with Crippen molar-refractivity contribution in [2.24, 2.45) is 5.16 Å². The monoisotopic (exact) mass is 293 g/mol. The third kappa shape index (κ3) is 2.92. The Labute approximate surface area is 121 Å². The van der Waals surface area contributed by atoms with Crippen molar-refractivity contribution >= 4 is 13.8 Å². The average molecular weight is 293 g/mol. The zero-order chi connectivity index (χ0) is 14.3. The van der Waals surface area contributed by atoms with E-state index in [1.165, 1.54) is 0 Å². The molecule has 3 aliphatic rings. The SMILES string of the molecule is C[Si](C)(C)C#CC1=NOC2(CCC3(CC2)OCCO3)C1. The number of hydrogen-bond donors (Lipinski definition) is 0. The van der Waals surface area contributed by atoms with Gasteiger partial charge in [-0.05, 0) is 12.8 Å². The van der Waals surface area contributed by atoms with Gasteiger partial charge in [0.25, 0.3) is 0 Å². The number of nitrogens with zero attached hydrogens (tertiary/aromatic N) is 1. The largest absolute Gasteiger partial charge is 0.388 e. The number of oxime groups is 1. The second-order valence-electron chi connectivity index (χ2n) is 7.10. The Kier molecular flexibility index (Phi) is 3.44. The molecule has 0 N–H and O–H groups in total. The van der Waals surface area contributed by atoms with Crippen LogP contribution in [-0.4, -0.2) is 38.4 Å².